The lowest BCUT2D eigenvalue weighted by Crippen LogP contribution is -2.28. The lowest BCUT2D eigenvalue weighted by atomic mass is 10.2. The van der Waals surface area contributed by atoms with Crippen LogP contribution in [0.5, 0.6) is 0 Å². The van der Waals surface area contributed by atoms with Crippen molar-refractivity contribution in [3.05, 3.63) is 45.9 Å². The summed E-state index contributed by atoms with van der Waals surface area (Å²) in [5.41, 5.74) is 6.65. The normalized spacial score (nSPS) is 15.4. The zero-order chi connectivity index (χ0) is 17.9. The maximum absolute atomic E-state index is 12.5. The van der Waals surface area contributed by atoms with Gasteiger partial charge in [-0.2, -0.15) is 4.31 Å². The first kappa shape index (κ1) is 18.0. The van der Waals surface area contributed by atoms with E-state index in [9.17, 15) is 13.2 Å². The highest BCUT2D eigenvalue weighted by atomic mass is 32.2. The smallest absolute Gasteiger partial charge is 0.271 e. The van der Waals surface area contributed by atoms with Gasteiger partial charge in [-0.15, -0.1) is 11.3 Å². The van der Waals surface area contributed by atoms with Gasteiger partial charge in [0, 0.05) is 31.6 Å². The van der Waals surface area contributed by atoms with Gasteiger partial charge in [0.1, 0.15) is 10.7 Å². The Morgan fingerprint density at radius 2 is 1.92 bits per heavy atom. The molecule has 1 fully saturated rings. The molecule has 1 aliphatic rings. The molecule has 0 spiro atoms. The average molecular weight is 380 g/mol. The lowest BCUT2D eigenvalue weighted by Gasteiger charge is -2.15. The Morgan fingerprint density at radius 1 is 1.24 bits per heavy atom. The second-order valence-electron chi connectivity index (χ2n) is 5.77. The number of nitrogens with two attached hydrogens (primary N) is 1. The zero-order valence-corrected chi connectivity index (χ0v) is 15.3. The maximum Gasteiger partial charge on any atom is 0.271 e. The van der Waals surface area contributed by atoms with Crippen molar-refractivity contribution in [1.82, 2.24) is 14.6 Å². The van der Waals surface area contributed by atoms with Crippen molar-refractivity contribution in [1.29, 1.82) is 0 Å². The summed E-state index contributed by atoms with van der Waals surface area (Å²) < 4.78 is 26.4. The summed E-state index contributed by atoms with van der Waals surface area (Å²) in [5, 5.41) is 5.15. The lowest BCUT2D eigenvalue weighted by molar-refractivity contribution is 0.0946. The van der Waals surface area contributed by atoms with Crippen LogP contribution in [-0.4, -0.2) is 36.7 Å². The summed E-state index contributed by atoms with van der Waals surface area (Å²) in [6.07, 6.45) is 1.82. The number of benzene rings is 1. The van der Waals surface area contributed by atoms with Crippen LogP contribution in [0.25, 0.3) is 0 Å². The van der Waals surface area contributed by atoms with E-state index >= 15 is 0 Å². The Kier molecular flexibility index (Phi) is 5.48. The number of hydrogen-bond acceptors (Lipinski definition) is 6. The molecule has 1 saturated heterocycles. The van der Waals surface area contributed by atoms with E-state index in [1.165, 1.54) is 15.6 Å². The molecule has 1 amide bonds. The van der Waals surface area contributed by atoms with Crippen molar-refractivity contribution in [2.24, 2.45) is 5.73 Å². The van der Waals surface area contributed by atoms with Crippen molar-refractivity contribution in [2.45, 2.75) is 30.8 Å². The van der Waals surface area contributed by atoms with Crippen molar-refractivity contribution >= 4 is 27.3 Å². The average Bonchev–Trinajstić information content (AvgIpc) is 3.31. The van der Waals surface area contributed by atoms with Crippen LogP contribution in [0.2, 0.25) is 0 Å². The van der Waals surface area contributed by atoms with Gasteiger partial charge < -0.3 is 11.1 Å². The van der Waals surface area contributed by atoms with Crippen molar-refractivity contribution in [3.8, 4) is 0 Å². The Bertz CT molecular complexity index is 841. The van der Waals surface area contributed by atoms with Crippen molar-refractivity contribution in [3.63, 3.8) is 0 Å². The van der Waals surface area contributed by atoms with Crippen molar-refractivity contribution in [2.75, 3.05) is 13.1 Å². The summed E-state index contributed by atoms with van der Waals surface area (Å²) in [4.78, 5) is 16.5. The van der Waals surface area contributed by atoms with Gasteiger partial charge in [0.25, 0.3) is 5.91 Å². The highest BCUT2D eigenvalue weighted by Crippen LogP contribution is 2.21. The third kappa shape index (κ3) is 4.06. The Balaban J connectivity index is 1.61. The molecule has 25 heavy (non-hydrogen) atoms. The predicted octanol–water partition coefficient (Wildman–Crippen LogP) is 1.32. The maximum atomic E-state index is 12.5. The molecule has 0 atom stereocenters. The first-order valence-electron chi connectivity index (χ1n) is 8.02. The minimum absolute atomic E-state index is 0.273. The van der Waals surface area contributed by atoms with E-state index in [4.69, 9.17) is 5.73 Å². The van der Waals surface area contributed by atoms with Crippen LogP contribution in [0.1, 0.15) is 33.9 Å². The molecule has 1 aromatic carbocycles. The molecule has 0 unspecified atom stereocenters. The third-order valence-electron chi connectivity index (χ3n) is 4.04. The Morgan fingerprint density at radius 3 is 2.52 bits per heavy atom. The fourth-order valence-electron chi connectivity index (χ4n) is 2.64. The van der Waals surface area contributed by atoms with Gasteiger partial charge in [-0.05, 0) is 30.5 Å². The van der Waals surface area contributed by atoms with Gasteiger partial charge in [0.05, 0.1) is 4.90 Å². The first-order valence-corrected chi connectivity index (χ1v) is 10.3. The van der Waals surface area contributed by atoms with Gasteiger partial charge >= 0.3 is 0 Å². The molecule has 0 radical (unpaired) electrons. The quantitative estimate of drug-likeness (QED) is 0.786. The number of carbonyl (C=O) groups excluding carboxylic acids is 1. The van der Waals surface area contributed by atoms with Crippen LogP contribution in [0.15, 0.2) is 34.5 Å². The molecule has 0 bridgehead atoms. The van der Waals surface area contributed by atoms with E-state index in [1.807, 2.05) is 0 Å². The Labute approximate surface area is 150 Å². The van der Waals surface area contributed by atoms with Gasteiger partial charge in [-0.25, -0.2) is 13.4 Å². The summed E-state index contributed by atoms with van der Waals surface area (Å²) in [7, 11) is -3.40. The topological polar surface area (TPSA) is 105 Å². The van der Waals surface area contributed by atoms with Crippen LogP contribution in [0, 0.1) is 0 Å². The molecule has 9 heteroatoms. The number of amides is 1. The van der Waals surface area contributed by atoms with Crippen LogP contribution in [0.3, 0.4) is 0 Å². The summed E-state index contributed by atoms with van der Waals surface area (Å²) >= 11 is 1.35. The molecule has 2 heterocycles. The molecule has 3 N–H and O–H groups in total. The molecule has 7 nitrogen and oxygen atoms in total. The largest absolute Gasteiger partial charge is 0.347 e. The molecule has 2 aromatic rings. The number of thiazole rings is 1. The summed E-state index contributed by atoms with van der Waals surface area (Å²) in [6.45, 7) is 1.78. The second kappa shape index (κ2) is 7.61. The van der Waals surface area contributed by atoms with E-state index in [0.29, 0.717) is 36.9 Å². The number of nitrogens with one attached hydrogen (secondary N) is 1. The molecular weight excluding hydrogens is 360 g/mol. The van der Waals surface area contributed by atoms with Gasteiger partial charge in [0.15, 0.2) is 0 Å². The number of nitrogens with zero attached hydrogens (tertiary/aromatic N) is 2. The molecule has 1 aliphatic heterocycles. The summed E-state index contributed by atoms with van der Waals surface area (Å²) in [5.74, 6) is -0.273. The van der Waals surface area contributed by atoms with E-state index < -0.39 is 10.0 Å². The number of carbonyl (C=O) groups is 1. The van der Waals surface area contributed by atoms with E-state index in [2.05, 4.69) is 10.3 Å². The Hall–Kier alpha value is -1.81. The molecule has 0 aliphatic carbocycles. The number of hydrogen-bond donors (Lipinski definition) is 2. The molecular formula is C16H20N4O3S2. The number of rotatable bonds is 6. The van der Waals surface area contributed by atoms with Crippen LogP contribution >= 0.6 is 11.3 Å². The number of aromatic nitrogens is 1. The fraction of sp³-hybridized carbons (Fsp3) is 0.375. The van der Waals surface area contributed by atoms with E-state index in [0.717, 1.165) is 18.4 Å². The minimum atomic E-state index is -3.40. The molecule has 3 rings (SSSR count). The van der Waals surface area contributed by atoms with E-state index in [-0.39, 0.29) is 10.8 Å². The van der Waals surface area contributed by atoms with Crippen LogP contribution in [-0.2, 0) is 23.1 Å². The van der Waals surface area contributed by atoms with Crippen molar-refractivity contribution < 1.29 is 13.2 Å². The zero-order valence-electron chi connectivity index (χ0n) is 13.6. The first-order chi connectivity index (χ1) is 12.0. The van der Waals surface area contributed by atoms with Gasteiger partial charge in [0.2, 0.25) is 10.0 Å². The fourth-order valence-corrected chi connectivity index (χ4v) is 4.81. The molecule has 0 saturated carbocycles. The van der Waals surface area contributed by atoms with Crippen LogP contribution < -0.4 is 11.1 Å². The van der Waals surface area contributed by atoms with E-state index in [1.54, 1.807) is 29.6 Å². The van der Waals surface area contributed by atoms with Gasteiger partial charge in [-0.1, -0.05) is 12.1 Å². The SMILES string of the molecule is NCc1nc(C(=O)NCc2ccc(S(=O)(=O)N3CCCC3)cc2)cs1. The standard InChI is InChI=1S/C16H20N4O3S2/c17-9-15-19-14(11-24-15)16(21)18-10-12-3-5-13(6-4-12)25(22,23)20-7-1-2-8-20/h3-6,11H,1-2,7-10,17H2,(H,18,21). The highest BCUT2D eigenvalue weighted by molar-refractivity contribution is 7.89. The monoisotopic (exact) mass is 380 g/mol. The minimum Gasteiger partial charge on any atom is -0.347 e. The van der Waals surface area contributed by atoms with Gasteiger partial charge in [-0.3, -0.25) is 4.79 Å². The number of sulfonamides is 1. The summed E-state index contributed by atoms with van der Waals surface area (Å²) in [6, 6.07) is 6.61. The van der Waals surface area contributed by atoms with Crippen LogP contribution in [0.4, 0.5) is 0 Å². The second-order valence-corrected chi connectivity index (χ2v) is 8.65. The predicted molar refractivity (Wildman–Crippen MR) is 95.6 cm³/mol. The highest BCUT2D eigenvalue weighted by Gasteiger charge is 2.26. The molecule has 134 valence electrons. The third-order valence-corrected chi connectivity index (χ3v) is 6.82. The molecule has 1 aromatic heterocycles.